The lowest BCUT2D eigenvalue weighted by Gasteiger charge is -2.30. The molecule has 2 aromatic carbocycles. The van der Waals surface area contributed by atoms with Crippen LogP contribution < -0.4 is 5.32 Å². The van der Waals surface area contributed by atoms with E-state index < -0.39 is 0 Å². The summed E-state index contributed by atoms with van der Waals surface area (Å²) in [7, 11) is 0. The minimum Gasteiger partial charge on any atom is -0.352 e. The van der Waals surface area contributed by atoms with Gasteiger partial charge in [-0.1, -0.05) is 59.8 Å². The molecule has 8 heteroatoms. The number of likely N-dealkylation sites (tertiary alicyclic amines) is 2. The number of carbonyl (C=O) groups excluding carboxylic acids is 2. The third-order valence-electron chi connectivity index (χ3n) is 6.74. The second-order valence-corrected chi connectivity index (χ2v) is 9.41. The number of piperidine rings is 1. The van der Waals surface area contributed by atoms with Gasteiger partial charge in [-0.2, -0.15) is 4.98 Å². The molecule has 0 radical (unpaired) electrons. The molecule has 0 spiro atoms. The van der Waals surface area contributed by atoms with Gasteiger partial charge in [0.05, 0.1) is 12.5 Å². The van der Waals surface area contributed by atoms with Crippen molar-refractivity contribution < 1.29 is 14.1 Å². The molecule has 8 nitrogen and oxygen atoms in total. The maximum atomic E-state index is 12.9. The summed E-state index contributed by atoms with van der Waals surface area (Å²) in [5.41, 5.74) is 3.08. The Labute approximate surface area is 205 Å². The quantitative estimate of drug-likeness (QED) is 0.539. The van der Waals surface area contributed by atoms with Crippen LogP contribution in [0.25, 0.3) is 11.4 Å². The molecule has 1 N–H and O–H groups in total. The van der Waals surface area contributed by atoms with Crippen LogP contribution in [0.5, 0.6) is 0 Å². The third-order valence-corrected chi connectivity index (χ3v) is 6.74. The van der Waals surface area contributed by atoms with Crippen LogP contribution in [0.1, 0.15) is 42.7 Å². The van der Waals surface area contributed by atoms with Crippen molar-refractivity contribution in [3.8, 4) is 11.4 Å². The van der Waals surface area contributed by atoms with E-state index in [1.165, 1.54) is 0 Å². The van der Waals surface area contributed by atoms with Gasteiger partial charge in [0.25, 0.3) is 0 Å². The molecule has 2 aliphatic heterocycles. The monoisotopic (exact) mass is 473 g/mol. The zero-order valence-electron chi connectivity index (χ0n) is 19.9. The molecule has 3 heterocycles. The Morgan fingerprint density at radius 3 is 2.71 bits per heavy atom. The Hall–Kier alpha value is -3.52. The van der Waals surface area contributed by atoms with Crippen LogP contribution in [0.15, 0.2) is 59.1 Å². The maximum Gasteiger partial charge on any atom is 0.241 e. The molecular weight excluding hydrogens is 442 g/mol. The number of hydrogen-bond donors (Lipinski definition) is 1. The molecule has 3 aromatic rings. The average molecular weight is 474 g/mol. The van der Waals surface area contributed by atoms with Crippen molar-refractivity contribution in [1.82, 2.24) is 25.3 Å². The Morgan fingerprint density at radius 1 is 1.03 bits per heavy atom. The Morgan fingerprint density at radius 2 is 1.89 bits per heavy atom. The van der Waals surface area contributed by atoms with Crippen LogP contribution in [0, 0.1) is 5.92 Å². The number of aromatic nitrogens is 2. The lowest BCUT2D eigenvalue weighted by molar-refractivity contribution is -0.128. The molecule has 2 amide bonds. The van der Waals surface area contributed by atoms with E-state index in [0.717, 1.165) is 49.0 Å². The Kier molecular flexibility index (Phi) is 7.18. The standard InChI is InChI=1S/C27H31N5O3/c33-25-12-6-14-32(25)17-21-8-4-7-20(15-21)16-28-27(34)23-11-5-13-31(18-23)19-24-29-26(30-35-24)22-9-2-1-3-10-22/h1-4,7-10,15,23H,5-6,11-14,16-19H2,(H,28,34). The molecule has 0 bridgehead atoms. The maximum absolute atomic E-state index is 12.9. The highest BCUT2D eigenvalue weighted by Gasteiger charge is 2.27. The largest absolute Gasteiger partial charge is 0.352 e. The van der Waals surface area contributed by atoms with Gasteiger partial charge in [0, 0.05) is 38.2 Å². The minimum atomic E-state index is -0.0642. The molecular formula is C27H31N5O3. The van der Waals surface area contributed by atoms with Crippen LogP contribution in [0.3, 0.4) is 0 Å². The third kappa shape index (κ3) is 5.95. The van der Waals surface area contributed by atoms with Gasteiger partial charge in [-0.3, -0.25) is 14.5 Å². The number of rotatable bonds is 8. The Bertz CT molecular complexity index is 1160. The van der Waals surface area contributed by atoms with Crippen molar-refractivity contribution >= 4 is 11.8 Å². The fourth-order valence-electron chi connectivity index (χ4n) is 4.89. The van der Waals surface area contributed by atoms with Gasteiger partial charge in [-0.05, 0) is 36.9 Å². The van der Waals surface area contributed by atoms with Crippen molar-refractivity contribution in [1.29, 1.82) is 0 Å². The first kappa shape index (κ1) is 23.2. The predicted molar refractivity (Wildman–Crippen MR) is 131 cm³/mol. The number of hydrogen-bond acceptors (Lipinski definition) is 6. The molecule has 0 aliphatic carbocycles. The normalized spacial score (nSPS) is 18.7. The smallest absolute Gasteiger partial charge is 0.241 e. The SMILES string of the molecule is O=C(NCc1cccc(CN2CCCC2=O)c1)C1CCCN(Cc2nc(-c3ccccc3)no2)C1. The number of carbonyl (C=O) groups is 2. The summed E-state index contributed by atoms with van der Waals surface area (Å²) in [4.78, 5) is 33.5. The molecule has 2 fully saturated rings. The lowest BCUT2D eigenvalue weighted by Crippen LogP contribution is -2.42. The lowest BCUT2D eigenvalue weighted by atomic mass is 9.97. The van der Waals surface area contributed by atoms with Crippen molar-refractivity contribution in [2.75, 3.05) is 19.6 Å². The number of nitrogens with zero attached hydrogens (tertiary/aromatic N) is 4. The fourth-order valence-corrected chi connectivity index (χ4v) is 4.89. The summed E-state index contributed by atoms with van der Waals surface area (Å²) in [5.74, 6) is 1.39. The molecule has 182 valence electrons. The van der Waals surface area contributed by atoms with E-state index in [1.807, 2.05) is 53.4 Å². The second-order valence-electron chi connectivity index (χ2n) is 9.41. The highest BCUT2D eigenvalue weighted by Crippen LogP contribution is 2.21. The van der Waals surface area contributed by atoms with Crippen molar-refractivity contribution in [3.05, 3.63) is 71.6 Å². The van der Waals surface area contributed by atoms with Crippen molar-refractivity contribution in [3.63, 3.8) is 0 Å². The van der Waals surface area contributed by atoms with Gasteiger partial charge in [0.1, 0.15) is 0 Å². The van der Waals surface area contributed by atoms with Crippen LogP contribution >= 0.6 is 0 Å². The van der Waals surface area contributed by atoms with Crippen molar-refractivity contribution in [2.45, 2.75) is 45.3 Å². The molecule has 35 heavy (non-hydrogen) atoms. The first-order valence-electron chi connectivity index (χ1n) is 12.4. The summed E-state index contributed by atoms with van der Waals surface area (Å²) >= 11 is 0. The van der Waals surface area contributed by atoms with Gasteiger partial charge in [-0.15, -0.1) is 0 Å². The highest BCUT2D eigenvalue weighted by atomic mass is 16.5. The summed E-state index contributed by atoms with van der Waals surface area (Å²) in [5, 5.41) is 7.21. The van der Waals surface area contributed by atoms with E-state index >= 15 is 0 Å². The zero-order chi connectivity index (χ0) is 24.0. The van der Waals surface area contributed by atoms with E-state index in [2.05, 4.69) is 26.4 Å². The molecule has 2 saturated heterocycles. The predicted octanol–water partition coefficient (Wildman–Crippen LogP) is 3.39. The first-order valence-corrected chi connectivity index (χ1v) is 12.4. The molecule has 5 rings (SSSR count). The number of nitrogens with one attached hydrogen (secondary N) is 1. The van der Waals surface area contributed by atoms with Crippen LogP contribution in [-0.4, -0.2) is 51.4 Å². The van der Waals surface area contributed by atoms with Gasteiger partial charge in [0.2, 0.25) is 23.5 Å². The Balaban J connectivity index is 1.12. The summed E-state index contributed by atoms with van der Waals surface area (Å²) < 4.78 is 5.46. The van der Waals surface area contributed by atoms with E-state index in [4.69, 9.17) is 4.52 Å². The van der Waals surface area contributed by atoms with Crippen LogP contribution in [0.2, 0.25) is 0 Å². The van der Waals surface area contributed by atoms with Crippen LogP contribution in [-0.2, 0) is 29.2 Å². The molecule has 2 aliphatic rings. The summed E-state index contributed by atoms with van der Waals surface area (Å²) in [6.07, 6.45) is 3.41. The van der Waals surface area contributed by atoms with Gasteiger partial charge in [0.15, 0.2) is 0 Å². The summed E-state index contributed by atoms with van der Waals surface area (Å²) in [6.45, 7) is 4.08. The minimum absolute atomic E-state index is 0.0642. The molecule has 0 saturated carbocycles. The van der Waals surface area contributed by atoms with E-state index in [-0.39, 0.29) is 17.7 Å². The van der Waals surface area contributed by atoms with Crippen molar-refractivity contribution in [2.24, 2.45) is 5.92 Å². The van der Waals surface area contributed by atoms with Gasteiger partial charge >= 0.3 is 0 Å². The topological polar surface area (TPSA) is 91.6 Å². The van der Waals surface area contributed by atoms with E-state index in [0.29, 0.717) is 44.3 Å². The summed E-state index contributed by atoms with van der Waals surface area (Å²) in [6, 6.07) is 17.9. The molecule has 1 atom stereocenters. The van der Waals surface area contributed by atoms with E-state index in [9.17, 15) is 9.59 Å². The number of amides is 2. The molecule has 1 aromatic heterocycles. The second kappa shape index (κ2) is 10.8. The zero-order valence-corrected chi connectivity index (χ0v) is 19.9. The fraction of sp³-hybridized carbons (Fsp3) is 0.407. The highest BCUT2D eigenvalue weighted by molar-refractivity contribution is 5.79. The number of benzene rings is 2. The van der Waals surface area contributed by atoms with Gasteiger partial charge < -0.3 is 14.7 Å². The van der Waals surface area contributed by atoms with Crippen LogP contribution in [0.4, 0.5) is 0 Å². The first-order chi connectivity index (χ1) is 17.1. The average Bonchev–Trinajstić information content (AvgIpc) is 3.52. The molecule has 1 unspecified atom stereocenters. The van der Waals surface area contributed by atoms with Gasteiger partial charge in [-0.25, -0.2) is 0 Å². The van der Waals surface area contributed by atoms with E-state index in [1.54, 1.807) is 0 Å².